The molecule has 1 aliphatic rings. The Morgan fingerprint density at radius 2 is 2.30 bits per heavy atom. The van der Waals surface area contributed by atoms with Gasteiger partial charge >= 0.3 is 0 Å². The van der Waals surface area contributed by atoms with Crippen LogP contribution in [0.25, 0.3) is 0 Å². The van der Waals surface area contributed by atoms with Crippen LogP contribution in [0.1, 0.15) is 44.7 Å². The first kappa shape index (κ1) is 15.3. The number of nitrogens with two attached hydrogens (primary N) is 1. The molecule has 0 radical (unpaired) electrons. The molecule has 0 atom stereocenters. The second-order valence-corrected chi connectivity index (χ2v) is 6.60. The lowest BCUT2D eigenvalue weighted by molar-refractivity contribution is -0.122. The summed E-state index contributed by atoms with van der Waals surface area (Å²) in [6.45, 7) is 2.53. The summed E-state index contributed by atoms with van der Waals surface area (Å²) in [5, 5.41) is 15.5. The zero-order chi connectivity index (χ0) is 14.6. The number of carbonyl (C=O) groups excluding carboxylic acids is 1. The average Bonchev–Trinajstić information content (AvgIpc) is 2.83. The van der Waals surface area contributed by atoms with Crippen molar-refractivity contribution in [3.63, 3.8) is 0 Å². The Morgan fingerprint density at radius 3 is 2.85 bits per heavy atom. The van der Waals surface area contributed by atoms with Crippen molar-refractivity contribution in [2.75, 3.05) is 12.3 Å². The molecule has 0 unspecified atom stereocenters. The molecule has 1 aromatic heterocycles. The molecule has 0 aromatic carbocycles. The Hall–Kier alpha value is -1.14. The summed E-state index contributed by atoms with van der Waals surface area (Å²) in [7, 11) is 0. The molecule has 0 aliphatic heterocycles. The van der Waals surface area contributed by atoms with Gasteiger partial charge in [0.1, 0.15) is 0 Å². The average molecular weight is 297 g/mol. The Balaban J connectivity index is 1.75. The molecule has 0 saturated heterocycles. The molecule has 5 nitrogen and oxygen atoms in total. The summed E-state index contributed by atoms with van der Waals surface area (Å²) >= 11 is 1.33. The number of thiazole rings is 1. The molecule has 112 valence electrons. The Labute approximate surface area is 123 Å². The largest absolute Gasteiger partial charge is 0.388 e. The fourth-order valence-corrected chi connectivity index (χ4v) is 3.26. The normalized spacial score (nSPS) is 26.4. The van der Waals surface area contributed by atoms with Gasteiger partial charge in [0.05, 0.1) is 17.7 Å². The first-order valence-corrected chi connectivity index (χ1v) is 8.07. The van der Waals surface area contributed by atoms with Gasteiger partial charge in [0.25, 0.3) is 0 Å². The SMILES string of the molecule is CCC1CCC(O)(CNC(=O)Cc2csc(N)n2)CC1. The number of hydrogen-bond donors (Lipinski definition) is 3. The molecule has 6 heteroatoms. The number of carbonyl (C=O) groups is 1. The smallest absolute Gasteiger partial charge is 0.226 e. The number of amides is 1. The van der Waals surface area contributed by atoms with E-state index >= 15 is 0 Å². The van der Waals surface area contributed by atoms with Crippen molar-refractivity contribution in [1.82, 2.24) is 10.3 Å². The third-order valence-corrected chi connectivity index (χ3v) is 4.86. The van der Waals surface area contributed by atoms with E-state index < -0.39 is 5.60 Å². The van der Waals surface area contributed by atoms with Crippen LogP contribution in [0.5, 0.6) is 0 Å². The van der Waals surface area contributed by atoms with Gasteiger partial charge in [0.15, 0.2) is 5.13 Å². The quantitative estimate of drug-likeness (QED) is 0.772. The molecule has 2 rings (SSSR count). The van der Waals surface area contributed by atoms with E-state index in [1.54, 1.807) is 5.38 Å². The minimum Gasteiger partial charge on any atom is -0.388 e. The van der Waals surface area contributed by atoms with Crippen molar-refractivity contribution < 1.29 is 9.90 Å². The third-order valence-electron chi connectivity index (χ3n) is 4.14. The summed E-state index contributed by atoms with van der Waals surface area (Å²) in [5.41, 5.74) is 5.48. The molecule has 1 aromatic rings. The van der Waals surface area contributed by atoms with Crippen molar-refractivity contribution in [2.24, 2.45) is 5.92 Å². The molecule has 1 fully saturated rings. The monoisotopic (exact) mass is 297 g/mol. The van der Waals surface area contributed by atoms with Gasteiger partial charge in [-0.15, -0.1) is 11.3 Å². The van der Waals surface area contributed by atoms with Crippen LogP contribution >= 0.6 is 11.3 Å². The minimum absolute atomic E-state index is 0.110. The van der Waals surface area contributed by atoms with E-state index in [2.05, 4.69) is 17.2 Å². The van der Waals surface area contributed by atoms with Gasteiger partial charge in [-0.25, -0.2) is 4.98 Å². The topological polar surface area (TPSA) is 88.2 Å². The molecule has 20 heavy (non-hydrogen) atoms. The number of rotatable bonds is 5. The molecule has 1 aliphatic carbocycles. The van der Waals surface area contributed by atoms with E-state index in [1.165, 1.54) is 17.8 Å². The predicted octanol–water partition coefficient (Wildman–Crippen LogP) is 1.72. The van der Waals surface area contributed by atoms with Gasteiger partial charge in [-0.05, 0) is 31.6 Å². The second-order valence-electron chi connectivity index (χ2n) is 5.71. The Bertz CT molecular complexity index is 453. The second kappa shape index (κ2) is 6.54. The van der Waals surface area contributed by atoms with Crippen LogP contribution in [-0.2, 0) is 11.2 Å². The number of anilines is 1. The molecule has 1 heterocycles. The van der Waals surface area contributed by atoms with Gasteiger partial charge in [0.2, 0.25) is 5.91 Å². The lowest BCUT2D eigenvalue weighted by atomic mass is 9.78. The number of aromatic nitrogens is 1. The van der Waals surface area contributed by atoms with E-state index in [0.717, 1.165) is 31.6 Å². The van der Waals surface area contributed by atoms with Gasteiger partial charge in [-0.2, -0.15) is 0 Å². The van der Waals surface area contributed by atoms with E-state index in [-0.39, 0.29) is 12.3 Å². The highest BCUT2D eigenvalue weighted by Crippen LogP contribution is 2.33. The van der Waals surface area contributed by atoms with Crippen LogP contribution < -0.4 is 11.1 Å². The highest BCUT2D eigenvalue weighted by molar-refractivity contribution is 7.13. The Kier molecular flexibility index (Phi) is 4.99. The van der Waals surface area contributed by atoms with Crippen molar-refractivity contribution in [2.45, 2.75) is 51.0 Å². The standard InChI is InChI=1S/C14H23N3O2S/c1-2-10-3-5-14(19,6-4-10)9-16-12(18)7-11-8-20-13(15)17-11/h8,10,19H,2-7,9H2,1H3,(H2,15,17)(H,16,18). The first-order valence-electron chi connectivity index (χ1n) is 7.20. The van der Waals surface area contributed by atoms with Crippen molar-refractivity contribution in [3.05, 3.63) is 11.1 Å². The van der Waals surface area contributed by atoms with E-state index in [1.807, 2.05) is 0 Å². The van der Waals surface area contributed by atoms with Crippen molar-refractivity contribution in [3.8, 4) is 0 Å². The van der Waals surface area contributed by atoms with Crippen LogP contribution in [0.2, 0.25) is 0 Å². The highest BCUT2D eigenvalue weighted by atomic mass is 32.1. The molecule has 0 bridgehead atoms. The molecule has 1 saturated carbocycles. The predicted molar refractivity (Wildman–Crippen MR) is 80.4 cm³/mol. The zero-order valence-corrected chi connectivity index (χ0v) is 12.7. The lowest BCUT2D eigenvalue weighted by Crippen LogP contribution is -2.45. The minimum atomic E-state index is -0.734. The van der Waals surface area contributed by atoms with Crippen molar-refractivity contribution >= 4 is 22.4 Å². The maximum absolute atomic E-state index is 11.8. The van der Waals surface area contributed by atoms with E-state index in [0.29, 0.717) is 17.4 Å². The number of hydrogen-bond acceptors (Lipinski definition) is 5. The summed E-state index contributed by atoms with van der Waals surface area (Å²) in [5.74, 6) is 0.616. The maximum atomic E-state index is 11.8. The number of nitrogen functional groups attached to an aromatic ring is 1. The number of aliphatic hydroxyl groups is 1. The molecular weight excluding hydrogens is 274 g/mol. The van der Waals surface area contributed by atoms with Crippen LogP contribution in [0.15, 0.2) is 5.38 Å². The van der Waals surface area contributed by atoms with Gasteiger partial charge in [-0.1, -0.05) is 13.3 Å². The Morgan fingerprint density at radius 1 is 1.60 bits per heavy atom. The number of nitrogens with one attached hydrogen (secondary N) is 1. The van der Waals surface area contributed by atoms with Gasteiger partial charge in [-0.3, -0.25) is 4.79 Å². The third kappa shape index (κ3) is 4.18. The van der Waals surface area contributed by atoms with Crippen LogP contribution in [0.3, 0.4) is 0 Å². The van der Waals surface area contributed by atoms with Crippen LogP contribution in [0.4, 0.5) is 5.13 Å². The van der Waals surface area contributed by atoms with Crippen molar-refractivity contribution in [1.29, 1.82) is 0 Å². The van der Waals surface area contributed by atoms with Gasteiger partial charge in [0, 0.05) is 11.9 Å². The van der Waals surface area contributed by atoms with E-state index in [4.69, 9.17) is 5.73 Å². The summed E-state index contributed by atoms with van der Waals surface area (Å²) in [6, 6.07) is 0. The number of nitrogens with zero attached hydrogens (tertiary/aromatic N) is 1. The fraction of sp³-hybridized carbons (Fsp3) is 0.714. The first-order chi connectivity index (χ1) is 9.50. The molecule has 4 N–H and O–H groups in total. The zero-order valence-electron chi connectivity index (χ0n) is 11.9. The summed E-state index contributed by atoms with van der Waals surface area (Å²) in [4.78, 5) is 15.9. The van der Waals surface area contributed by atoms with E-state index in [9.17, 15) is 9.90 Å². The summed E-state index contributed by atoms with van der Waals surface area (Å²) in [6.07, 6.45) is 5.04. The van der Waals surface area contributed by atoms with Gasteiger partial charge < -0.3 is 16.2 Å². The fourth-order valence-electron chi connectivity index (χ4n) is 2.69. The molecular formula is C14H23N3O2S. The molecule has 0 spiro atoms. The lowest BCUT2D eigenvalue weighted by Gasteiger charge is -2.35. The van der Waals surface area contributed by atoms with Crippen LogP contribution in [-0.4, -0.2) is 28.1 Å². The summed E-state index contributed by atoms with van der Waals surface area (Å²) < 4.78 is 0. The van der Waals surface area contributed by atoms with Crippen LogP contribution in [0, 0.1) is 5.92 Å². The maximum Gasteiger partial charge on any atom is 0.226 e. The highest BCUT2D eigenvalue weighted by Gasteiger charge is 2.32. The molecule has 1 amide bonds.